The van der Waals surface area contributed by atoms with Crippen LogP contribution >= 0.6 is 0 Å². The van der Waals surface area contributed by atoms with Gasteiger partial charge >= 0.3 is 0 Å². The summed E-state index contributed by atoms with van der Waals surface area (Å²) in [5, 5.41) is 14.6. The van der Waals surface area contributed by atoms with Gasteiger partial charge in [0, 0.05) is 24.0 Å². The SMILES string of the molecule is CC(=O)Nc1ccc(Nc2ccc(C#N)cc2)cc1. The van der Waals surface area contributed by atoms with E-state index in [1.54, 1.807) is 12.1 Å². The molecule has 19 heavy (non-hydrogen) atoms. The van der Waals surface area contributed by atoms with Gasteiger partial charge in [0.2, 0.25) is 5.91 Å². The average molecular weight is 251 g/mol. The van der Waals surface area contributed by atoms with E-state index in [1.165, 1.54) is 6.92 Å². The van der Waals surface area contributed by atoms with Gasteiger partial charge in [0.15, 0.2) is 0 Å². The monoisotopic (exact) mass is 251 g/mol. The van der Waals surface area contributed by atoms with Crippen molar-refractivity contribution in [1.82, 2.24) is 0 Å². The summed E-state index contributed by atoms with van der Waals surface area (Å²) in [7, 11) is 0. The van der Waals surface area contributed by atoms with E-state index in [2.05, 4.69) is 16.7 Å². The van der Waals surface area contributed by atoms with Crippen LogP contribution in [0.5, 0.6) is 0 Å². The molecule has 0 heterocycles. The minimum absolute atomic E-state index is 0.0900. The van der Waals surface area contributed by atoms with Crippen molar-refractivity contribution < 1.29 is 4.79 Å². The third-order valence-corrected chi connectivity index (χ3v) is 2.51. The second-order valence-electron chi connectivity index (χ2n) is 4.07. The summed E-state index contributed by atoms with van der Waals surface area (Å²) in [6, 6.07) is 16.7. The lowest BCUT2D eigenvalue weighted by Crippen LogP contribution is -2.05. The molecule has 0 aliphatic carbocycles. The molecule has 0 bridgehead atoms. The van der Waals surface area contributed by atoms with Crippen LogP contribution in [-0.4, -0.2) is 5.91 Å². The summed E-state index contributed by atoms with van der Waals surface area (Å²) in [6.45, 7) is 1.48. The molecule has 0 spiro atoms. The second kappa shape index (κ2) is 5.69. The van der Waals surface area contributed by atoms with E-state index in [4.69, 9.17) is 5.26 Å². The molecule has 2 aromatic carbocycles. The van der Waals surface area contributed by atoms with Crippen molar-refractivity contribution in [2.45, 2.75) is 6.92 Å². The lowest BCUT2D eigenvalue weighted by molar-refractivity contribution is -0.114. The van der Waals surface area contributed by atoms with Crippen molar-refractivity contribution in [1.29, 1.82) is 5.26 Å². The van der Waals surface area contributed by atoms with Gasteiger partial charge in [0.05, 0.1) is 11.6 Å². The summed E-state index contributed by atoms with van der Waals surface area (Å²) < 4.78 is 0. The maximum Gasteiger partial charge on any atom is 0.221 e. The van der Waals surface area contributed by atoms with E-state index in [-0.39, 0.29) is 5.91 Å². The molecule has 0 fully saturated rings. The Bertz CT molecular complexity index is 609. The number of nitrogens with one attached hydrogen (secondary N) is 2. The van der Waals surface area contributed by atoms with Crippen LogP contribution in [0.2, 0.25) is 0 Å². The number of carbonyl (C=O) groups excluding carboxylic acids is 1. The van der Waals surface area contributed by atoms with Gasteiger partial charge in [-0.25, -0.2) is 0 Å². The predicted octanol–water partition coefficient (Wildman–Crippen LogP) is 3.26. The first-order chi connectivity index (χ1) is 9.17. The van der Waals surface area contributed by atoms with Crippen molar-refractivity contribution in [3.8, 4) is 6.07 Å². The average Bonchev–Trinajstić information content (AvgIpc) is 2.41. The van der Waals surface area contributed by atoms with E-state index in [0.717, 1.165) is 17.1 Å². The van der Waals surface area contributed by atoms with Gasteiger partial charge in [-0.1, -0.05) is 0 Å². The maximum absolute atomic E-state index is 10.9. The summed E-state index contributed by atoms with van der Waals surface area (Å²) in [4.78, 5) is 10.9. The standard InChI is InChI=1S/C15H13N3O/c1-11(19)17-13-6-8-15(9-7-13)18-14-4-2-12(10-16)3-5-14/h2-9,18H,1H3,(H,17,19). The maximum atomic E-state index is 10.9. The molecule has 0 saturated carbocycles. The molecule has 0 aliphatic rings. The highest BCUT2D eigenvalue weighted by Gasteiger charge is 1.97. The molecule has 2 N–H and O–H groups in total. The first-order valence-electron chi connectivity index (χ1n) is 5.82. The van der Waals surface area contributed by atoms with Crippen molar-refractivity contribution in [3.63, 3.8) is 0 Å². The lowest BCUT2D eigenvalue weighted by Gasteiger charge is -2.07. The van der Waals surface area contributed by atoms with Gasteiger partial charge in [0.1, 0.15) is 0 Å². The Balaban J connectivity index is 2.06. The quantitative estimate of drug-likeness (QED) is 0.880. The van der Waals surface area contributed by atoms with E-state index in [1.807, 2.05) is 36.4 Å². The van der Waals surface area contributed by atoms with E-state index < -0.39 is 0 Å². The fourth-order valence-electron chi connectivity index (χ4n) is 1.63. The summed E-state index contributed by atoms with van der Waals surface area (Å²) in [5.74, 6) is -0.0900. The van der Waals surface area contributed by atoms with Gasteiger partial charge in [-0.3, -0.25) is 4.79 Å². The largest absolute Gasteiger partial charge is 0.356 e. The number of carbonyl (C=O) groups is 1. The molecule has 4 heteroatoms. The molecule has 2 aromatic rings. The molecular formula is C15H13N3O. The summed E-state index contributed by atoms with van der Waals surface area (Å²) in [6.07, 6.45) is 0. The molecule has 0 aliphatic heterocycles. The van der Waals surface area contributed by atoms with Crippen LogP contribution in [0.3, 0.4) is 0 Å². The van der Waals surface area contributed by atoms with Gasteiger partial charge in [-0.2, -0.15) is 5.26 Å². The molecule has 1 amide bonds. The van der Waals surface area contributed by atoms with Crippen molar-refractivity contribution >= 4 is 23.0 Å². The van der Waals surface area contributed by atoms with Gasteiger partial charge in [-0.05, 0) is 48.5 Å². The zero-order valence-electron chi connectivity index (χ0n) is 10.5. The van der Waals surface area contributed by atoms with Crippen molar-refractivity contribution in [3.05, 3.63) is 54.1 Å². The number of hydrogen-bond acceptors (Lipinski definition) is 3. The van der Waals surface area contributed by atoms with E-state index >= 15 is 0 Å². The molecule has 0 unspecified atom stereocenters. The molecule has 2 rings (SSSR count). The second-order valence-corrected chi connectivity index (χ2v) is 4.07. The number of hydrogen-bond donors (Lipinski definition) is 2. The number of amides is 1. The number of benzene rings is 2. The van der Waals surface area contributed by atoms with Crippen LogP contribution in [0, 0.1) is 11.3 Å². The first kappa shape index (κ1) is 12.7. The Morgan fingerprint density at radius 2 is 1.42 bits per heavy atom. The Morgan fingerprint density at radius 1 is 0.947 bits per heavy atom. The van der Waals surface area contributed by atoms with Crippen LogP contribution in [-0.2, 0) is 4.79 Å². The topological polar surface area (TPSA) is 64.9 Å². The highest BCUT2D eigenvalue weighted by Crippen LogP contribution is 2.19. The van der Waals surface area contributed by atoms with Gasteiger partial charge in [-0.15, -0.1) is 0 Å². The lowest BCUT2D eigenvalue weighted by atomic mass is 10.2. The van der Waals surface area contributed by atoms with E-state index in [9.17, 15) is 4.79 Å². The molecule has 4 nitrogen and oxygen atoms in total. The third-order valence-electron chi connectivity index (χ3n) is 2.51. The normalized spacial score (nSPS) is 9.47. The summed E-state index contributed by atoms with van der Waals surface area (Å²) in [5.41, 5.74) is 3.22. The van der Waals surface area contributed by atoms with Gasteiger partial charge < -0.3 is 10.6 Å². The molecule has 0 aromatic heterocycles. The first-order valence-corrected chi connectivity index (χ1v) is 5.82. The van der Waals surface area contributed by atoms with Crippen LogP contribution in [0.1, 0.15) is 12.5 Å². The molecular weight excluding hydrogens is 238 g/mol. The summed E-state index contributed by atoms with van der Waals surface area (Å²) >= 11 is 0. The van der Waals surface area contributed by atoms with Crippen LogP contribution in [0.4, 0.5) is 17.1 Å². The minimum atomic E-state index is -0.0900. The van der Waals surface area contributed by atoms with Gasteiger partial charge in [0.25, 0.3) is 0 Å². The molecule has 0 saturated heterocycles. The zero-order chi connectivity index (χ0) is 13.7. The molecule has 0 atom stereocenters. The zero-order valence-corrected chi connectivity index (χ0v) is 10.5. The Morgan fingerprint density at radius 3 is 1.89 bits per heavy atom. The van der Waals surface area contributed by atoms with Crippen LogP contribution in [0.15, 0.2) is 48.5 Å². The number of nitrogens with zero attached hydrogens (tertiary/aromatic N) is 1. The third kappa shape index (κ3) is 3.58. The number of rotatable bonds is 3. The Hall–Kier alpha value is -2.80. The van der Waals surface area contributed by atoms with Crippen molar-refractivity contribution in [2.24, 2.45) is 0 Å². The van der Waals surface area contributed by atoms with Crippen molar-refractivity contribution in [2.75, 3.05) is 10.6 Å². The highest BCUT2D eigenvalue weighted by molar-refractivity contribution is 5.88. The minimum Gasteiger partial charge on any atom is -0.356 e. The fraction of sp³-hybridized carbons (Fsp3) is 0.0667. The van der Waals surface area contributed by atoms with Crippen LogP contribution < -0.4 is 10.6 Å². The number of anilines is 3. The highest BCUT2D eigenvalue weighted by atomic mass is 16.1. The number of nitriles is 1. The predicted molar refractivity (Wildman–Crippen MR) is 75.2 cm³/mol. The Kier molecular flexibility index (Phi) is 3.79. The molecule has 94 valence electrons. The smallest absolute Gasteiger partial charge is 0.221 e. The fourth-order valence-corrected chi connectivity index (χ4v) is 1.63. The van der Waals surface area contributed by atoms with E-state index in [0.29, 0.717) is 5.56 Å². The molecule has 0 radical (unpaired) electrons. The van der Waals surface area contributed by atoms with Crippen LogP contribution in [0.25, 0.3) is 0 Å². The Labute approximate surface area is 111 Å².